The van der Waals surface area contributed by atoms with E-state index in [2.05, 4.69) is 20.5 Å². The summed E-state index contributed by atoms with van der Waals surface area (Å²) in [7, 11) is 0. The third-order valence-corrected chi connectivity index (χ3v) is 4.95. The number of amides is 3. The van der Waals surface area contributed by atoms with Crippen molar-refractivity contribution in [2.24, 2.45) is 5.92 Å². The molecule has 0 bridgehead atoms. The van der Waals surface area contributed by atoms with Crippen LogP contribution >= 0.6 is 0 Å². The van der Waals surface area contributed by atoms with Crippen LogP contribution < -0.4 is 15.5 Å². The quantitative estimate of drug-likeness (QED) is 0.794. The minimum absolute atomic E-state index is 0.0824. The van der Waals surface area contributed by atoms with E-state index in [0.717, 1.165) is 37.3 Å². The SMILES string of the molecule is CCNC(=O)C1CCN(c2ccc(C3CCC(=O)NC3=O)cn2)CC1. The van der Waals surface area contributed by atoms with Crippen LogP contribution in [0.15, 0.2) is 18.3 Å². The number of hydrogen-bond donors (Lipinski definition) is 2. The average Bonchev–Trinajstić information content (AvgIpc) is 2.62. The van der Waals surface area contributed by atoms with Gasteiger partial charge < -0.3 is 10.2 Å². The van der Waals surface area contributed by atoms with E-state index < -0.39 is 0 Å². The summed E-state index contributed by atoms with van der Waals surface area (Å²) in [5, 5.41) is 5.26. The minimum Gasteiger partial charge on any atom is -0.357 e. The smallest absolute Gasteiger partial charge is 0.234 e. The van der Waals surface area contributed by atoms with E-state index in [1.54, 1.807) is 6.20 Å². The molecule has 1 unspecified atom stereocenters. The van der Waals surface area contributed by atoms with E-state index in [4.69, 9.17) is 0 Å². The molecule has 7 heteroatoms. The zero-order valence-corrected chi connectivity index (χ0v) is 14.5. The second kappa shape index (κ2) is 7.63. The van der Waals surface area contributed by atoms with Crippen molar-refractivity contribution in [2.75, 3.05) is 24.5 Å². The molecular weight excluding hydrogens is 320 g/mol. The van der Waals surface area contributed by atoms with Crippen LogP contribution in [0.4, 0.5) is 5.82 Å². The number of hydrogen-bond acceptors (Lipinski definition) is 5. The molecule has 1 aromatic rings. The number of nitrogens with one attached hydrogen (secondary N) is 2. The number of rotatable bonds is 4. The van der Waals surface area contributed by atoms with Crippen molar-refractivity contribution >= 4 is 23.5 Å². The molecule has 2 aliphatic heterocycles. The zero-order valence-electron chi connectivity index (χ0n) is 14.5. The highest BCUT2D eigenvalue weighted by Gasteiger charge is 2.29. The molecule has 0 saturated carbocycles. The Kier molecular flexibility index (Phi) is 5.31. The summed E-state index contributed by atoms with van der Waals surface area (Å²) in [6.07, 6.45) is 4.27. The Morgan fingerprint density at radius 1 is 1.28 bits per heavy atom. The Labute approximate surface area is 147 Å². The minimum atomic E-state index is -0.303. The number of carbonyl (C=O) groups is 3. The maximum Gasteiger partial charge on any atom is 0.234 e. The highest BCUT2D eigenvalue weighted by Crippen LogP contribution is 2.27. The van der Waals surface area contributed by atoms with Crippen LogP contribution in [0.1, 0.15) is 44.1 Å². The monoisotopic (exact) mass is 344 g/mol. The van der Waals surface area contributed by atoms with Gasteiger partial charge in [0.15, 0.2) is 0 Å². The van der Waals surface area contributed by atoms with Crippen molar-refractivity contribution in [2.45, 2.75) is 38.5 Å². The van der Waals surface area contributed by atoms with E-state index in [0.29, 0.717) is 19.4 Å². The predicted octanol–water partition coefficient (Wildman–Crippen LogP) is 0.954. The van der Waals surface area contributed by atoms with Gasteiger partial charge >= 0.3 is 0 Å². The van der Waals surface area contributed by atoms with Crippen LogP contribution in [0.3, 0.4) is 0 Å². The fourth-order valence-electron chi connectivity index (χ4n) is 3.49. The Bertz CT molecular complexity index is 651. The summed E-state index contributed by atoms with van der Waals surface area (Å²) < 4.78 is 0. The van der Waals surface area contributed by atoms with Gasteiger partial charge in [-0.15, -0.1) is 0 Å². The fourth-order valence-corrected chi connectivity index (χ4v) is 3.49. The van der Waals surface area contributed by atoms with Gasteiger partial charge in [-0.3, -0.25) is 19.7 Å². The first-order valence-electron chi connectivity index (χ1n) is 8.90. The largest absolute Gasteiger partial charge is 0.357 e. The summed E-state index contributed by atoms with van der Waals surface area (Å²) in [6, 6.07) is 3.84. The van der Waals surface area contributed by atoms with Gasteiger partial charge in [-0.1, -0.05) is 6.07 Å². The van der Waals surface area contributed by atoms with Crippen LogP contribution in [0.5, 0.6) is 0 Å². The molecule has 0 aromatic carbocycles. The molecule has 25 heavy (non-hydrogen) atoms. The molecule has 7 nitrogen and oxygen atoms in total. The van der Waals surface area contributed by atoms with Crippen LogP contribution in [-0.2, 0) is 14.4 Å². The molecule has 2 aliphatic rings. The van der Waals surface area contributed by atoms with E-state index in [1.807, 2.05) is 19.1 Å². The van der Waals surface area contributed by atoms with Gasteiger partial charge in [0.05, 0.1) is 5.92 Å². The van der Waals surface area contributed by atoms with Crippen molar-refractivity contribution in [3.8, 4) is 0 Å². The number of anilines is 1. The van der Waals surface area contributed by atoms with Crippen molar-refractivity contribution in [3.05, 3.63) is 23.9 Å². The summed E-state index contributed by atoms with van der Waals surface area (Å²) in [4.78, 5) is 41.8. The molecule has 2 fully saturated rings. The molecule has 3 rings (SSSR count). The first-order valence-corrected chi connectivity index (χ1v) is 8.90. The third-order valence-electron chi connectivity index (χ3n) is 4.95. The van der Waals surface area contributed by atoms with Crippen LogP contribution in [-0.4, -0.2) is 42.3 Å². The van der Waals surface area contributed by atoms with Gasteiger partial charge in [-0.2, -0.15) is 0 Å². The Balaban J connectivity index is 1.59. The number of carbonyl (C=O) groups excluding carboxylic acids is 3. The molecule has 2 N–H and O–H groups in total. The molecular formula is C18H24N4O3. The summed E-state index contributed by atoms with van der Waals surface area (Å²) in [5.74, 6) is 0.338. The van der Waals surface area contributed by atoms with Gasteiger partial charge in [0.2, 0.25) is 17.7 Å². The summed E-state index contributed by atoms with van der Waals surface area (Å²) >= 11 is 0. The van der Waals surface area contributed by atoms with Crippen LogP contribution in [0.25, 0.3) is 0 Å². The molecule has 0 radical (unpaired) electrons. The Hall–Kier alpha value is -2.44. The molecule has 3 heterocycles. The van der Waals surface area contributed by atoms with Gasteiger partial charge in [-0.25, -0.2) is 4.98 Å². The van der Waals surface area contributed by atoms with Crippen molar-refractivity contribution < 1.29 is 14.4 Å². The van der Waals surface area contributed by atoms with Crippen LogP contribution in [0, 0.1) is 5.92 Å². The highest BCUT2D eigenvalue weighted by molar-refractivity contribution is 6.00. The fraction of sp³-hybridized carbons (Fsp3) is 0.556. The lowest BCUT2D eigenvalue weighted by atomic mass is 9.91. The number of aromatic nitrogens is 1. The molecule has 0 spiro atoms. The highest BCUT2D eigenvalue weighted by atomic mass is 16.2. The average molecular weight is 344 g/mol. The first-order chi connectivity index (χ1) is 12.1. The molecule has 0 aliphatic carbocycles. The zero-order chi connectivity index (χ0) is 17.8. The van der Waals surface area contributed by atoms with Gasteiger partial charge in [0.25, 0.3) is 0 Å². The molecule has 3 amide bonds. The lowest BCUT2D eigenvalue weighted by Crippen LogP contribution is -2.41. The Morgan fingerprint density at radius 3 is 2.64 bits per heavy atom. The van der Waals surface area contributed by atoms with Gasteiger partial charge in [0.1, 0.15) is 5.82 Å². The topological polar surface area (TPSA) is 91.4 Å². The second-order valence-corrected chi connectivity index (χ2v) is 6.61. The van der Waals surface area contributed by atoms with E-state index in [9.17, 15) is 14.4 Å². The maximum atomic E-state index is 11.9. The van der Waals surface area contributed by atoms with Crippen molar-refractivity contribution in [3.63, 3.8) is 0 Å². The van der Waals surface area contributed by atoms with Crippen LogP contribution in [0.2, 0.25) is 0 Å². The predicted molar refractivity (Wildman–Crippen MR) is 93.0 cm³/mol. The normalized spacial score (nSPS) is 21.8. The number of pyridine rings is 1. The summed E-state index contributed by atoms with van der Waals surface area (Å²) in [6.45, 7) is 4.20. The van der Waals surface area contributed by atoms with Crippen molar-refractivity contribution in [1.29, 1.82) is 0 Å². The van der Waals surface area contributed by atoms with Crippen molar-refractivity contribution in [1.82, 2.24) is 15.6 Å². The number of nitrogens with zero attached hydrogens (tertiary/aromatic N) is 2. The van der Waals surface area contributed by atoms with Gasteiger partial charge in [0, 0.05) is 38.2 Å². The van der Waals surface area contributed by atoms with E-state index >= 15 is 0 Å². The van der Waals surface area contributed by atoms with E-state index in [-0.39, 0.29) is 29.6 Å². The molecule has 2 saturated heterocycles. The molecule has 1 atom stereocenters. The lowest BCUT2D eigenvalue weighted by molar-refractivity contribution is -0.134. The lowest BCUT2D eigenvalue weighted by Gasteiger charge is -2.32. The maximum absolute atomic E-state index is 11.9. The molecule has 1 aromatic heterocycles. The Morgan fingerprint density at radius 2 is 2.04 bits per heavy atom. The van der Waals surface area contributed by atoms with E-state index in [1.165, 1.54) is 0 Å². The first kappa shape index (κ1) is 17.4. The molecule has 134 valence electrons. The summed E-state index contributed by atoms with van der Waals surface area (Å²) in [5.41, 5.74) is 0.839. The number of imide groups is 1. The third kappa shape index (κ3) is 3.97. The second-order valence-electron chi connectivity index (χ2n) is 6.61. The van der Waals surface area contributed by atoms with Gasteiger partial charge in [-0.05, 0) is 37.8 Å². The standard InChI is InChI=1S/C18H24N4O3/c1-2-19-17(24)12-7-9-22(10-8-12)15-5-3-13(11-20-15)14-4-6-16(23)21-18(14)25/h3,5,11-12,14H,2,4,6-10H2,1H3,(H,19,24)(H,21,23,25). The number of piperidine rings is 2.